The molecule has 1 N–H and O–H groups in total. The fraction of sp³-hybridized carbons (Fsp3) is 0.588. The number of carbonyl (C=O) groups is 1. The smallest absolute Gasteiger partial charge is 0.252 e. The van der Waals surface area contributed by atoms with E-state index in [0.29, 0.717) is 15.1 Å². The molecule has 1 saturated carbocycles. The minimum absolute atomic E-state index is 0.0828. The first-order valence-corrected chi connectivity index (χ1v) is 8.63. The van der Waals surface area contributed by atoms with E-state index >= 15 is 0 Å². The molecule has 2 nitrogen and oxygen atoms in total. The molecule has 4 heteroatoms. The number of hydrogen-bond acceptors (Lipinski definition) is 1. The molecule has 1 aliphatic carbocycles. The fourth-order valence-electron chi connectivity index (χ4n) is 3.26. The lowest BCUT2D eigenvalue weighted by Crippen LogP contribution is -2.46. The number of hydrogen-bond donors (Lipinski definition) is 1. The zero-order chi connectivity index (χ0) is 15.6. The number of carbonyl (C=O) groups excluding carboxylic acids is 1. The predicted molar refractivity (Wildman–Crippen MR) is 91.8 cm³/mol. The highest BCUT2D eigenvalue weighted by molar-refractivity contribution is 14.1. The summed E-state index contributed by atoms with van der Waals surface area (Å²) in [5.74, 6) is 0.107. The SMILES string of the molecule is CC(C)(C)C1CCCCC1NC(=O)c1ccc(F)cc1I. The van der Waals surface area contributed by atoms with Gasteiger partial charge in [0.05, 0.1) is 5.56 Å². The maximum Gasteiger partial charge on any atom is 0.252 e. The van der Waals surface area contributed by atoms with Gasteiger partial charge in [0.2, 0.25) is 0 Å². The largest absolute Gasteiger partial charge is 0.349 e. The van der Waals surface area contributed by atoms with Crippen molar-refractivity contribution in [3.05, 3.63) is 33.1 Å². The van der Waals surface area contributed by atoms with E-state index in [0.717, 1.165) is 19.3 Å². The quantitative estimate of drug-likeness (QED) is 0.709. The molecule has 0 heterocycles. The van der Waals surface area contributed by atoms with Gasteiger partial charge in [-0.2, -0.15) is 0 Å². The van der Waals surface area contributed by atoms with Crippen LogP contribution < -0.4 is 5.32 Å². The molecule has 0 bridgehead atoms. The lowest BCUT2D eigenvalue weighted by molar-refractivity contribution is 0.0829. The lowest BCUT2D eigenvalue weighted by Gasteiger charge is -2.40. The second-order valence-electron chi connectivity index (χ2n) is 6.96. The van der Waals surface area contributed by atoms with E-state index in [1.807, 2.05) is 22.6 Å². The third-order valence-corrected chi connectivity index (χ3v) is 5.26. The summed E-state index contributed by atoms with van der Waals surface area (Å²) in [7, 11) is 0. The van der Waals surface area contributed by atoms with Gasteiger partial charge in [0.15, 0.2) is 0 Å². The lowest BCUT2D eigenvalue weighted by atomic mass is 9.69. The Labute approximate surface area is 140 Å². The van der Waals surface area contributed by atoms with Gasteiger partial charge in [-0.05, 0) is 65.0 Å². The second-order valence-corrected chi connectivity index (χ2v) is 8.12. The third-order valence-electron chi connectivity index (χ3n) is 4.37. The average Bonchev–Trinajstić information content (AvgIpc) is 2.37. The van der Waals surface area contributed by atoms with Gasteiger partial charge >= 0.3 is 0 Å². The van der Waals surface area contributed by atoms with Crippen LogP contribution in [0.2, 0.25) is 0 Å². The van der Waals surface area contributed by atoms with Crippen LogP contribution in [-0.4, -0.2) is 11.9 Å². The number of nitrogens with one attached hydrogen (secondary N) is 1. The van der Waals surface area contributed by atoms with Crippen LogP contribution in [0.15, 0.2) is 18.2 Å². The zero-order valence-electron chi connectivity index (χ0n) is 12.9. The van der Waals surface area contributed by atoms with Gasteiger partial charge in [-0.3, -0.25) is 4.79 Å². The minimum Gasteiger partial charge on any atom is -0.349 e. The van der Waals surface area contributed by atoms with Gasteiger partial charge in [0, 0.05) is 9.61 Å². The first kappa shape index (κ1) is 16.7. The van der Waals surface area contributed by atoms with E-state index in [1.54, 1.807) is 6.07 Å². The van der Waals surface area contributed by atoms with Crippen LogP contribution >= 0.6 is 22.6 Å². The van der Waals surface area contributed by atoms with E-state index < -0.39 is 0 Å². The summed E-state index contributed by atoms with van der Waals surface area (Å²) in [5, 5.41) is 3.19. The Morgan fingerprint density at radius 2 is 1.95 bits per heavy atom. The molecule has 0 radical (unpaired) electrons. The molecule has 2 unspecified atom stereocenters. The maximum atomic E-state index is 13.2. The van der Waals surface area contributed by atoms with Crippen molar-refractivity contribution in [2.75, 3.05) is 0 Å². The molecule has 0 aromatic heterocycles. The fourth-order valence-corrected chi connectivity index (χ4v) is 3.98. The van der Waals surface area contributed by atoms with Crippen molar-refractivity contribution in [2.45, 2.75) is 52.5 Å². The first-order valence-electron chi connectivity index (χ1n) is 7.55. The standard InChI is InChI=1S/C17H23FINO/c1-17(2,3)13-6-4-5-7-15(13)20-16(21)12-9-8-11(18)10-14(12)19/h8-10,13,15H,4-7H2,1-3H3,(H,20,21). The molecule has 21 heavy (non-hydrogen) atoms. The molecule has 1 fully saturated rings. The van der Waals surface area contributed by atoms with E-state index in [9.17, 15) is 9.18 Å². The Morgan fingerprint density at radius 1 is 1.29 bits per heavy atom. The molecule has 2 atom stereocenters. The molecule has 0 aliphatic heterocycles. The molecule has 1 aromatic carbocycles. The van der Waals surface area contributed by atoms with Gasteiger partial charge in [-0.15, -0.1) is 0 Å². The van der Waals surface area contributed by atoms with Gasteiger partial charge < -0.3 is 5.32 Å². The van der Waals surface area contributed by atoms with Crippen molar-refractivity contribution < 1.29 is 9.18 Å². The summed E-state index contributed by atoms with van der Waals surface area (Å²) in [6, 6.07) is 4.53. The molecule has 116 valence electrons. The maximum absolute atomic E-state index is 13.2. The van der Waals surface area contributed by atoms with Gasteiger partial charge in [-0.25, -0.2) is 4.39 Å². The van der Waals surface area contributed by atoms with Crippen LogP contribution in [0.5, 0.6) is 0 Å². The Balaban J connectivity index is 2.13. The van der Waals surface area contributed by atoms with Crippen molar-refractivity contribution in [1.29, 1.82) is 0 Å². The summed E-state index contributed by atoms with van der Waals surface area (Å²) in [4.78, 5) is 12.5. The summed E-state index contributed by atoms with van der Waals surface area (Å²) in [6.07, 6.45) is 4.60. The van der Waals surface area contributed by atoms with E-state index in [-0.39, 0.29) is 23.2 Å². The number of rotatable bonds is 2. The predicted octanol–water partition coefficient (Wildman–Crippen LogP) is 4.77. The Kier molecular flexibility index (Phi) is 5.28. The number of benzene rings is 1. The topological polar surface area (TPSA) is 29.1 Å². The summed E-state index contributed by atoms with van der Waals surface area (Å²) >= 11 is 2.02. The molecular formula is C17H23FINO. The van der Waals surface area contributed by atoms with Gasteiger partial charge in [-0.1, -0.05) is 33.6 Å². The summed E-state index contributed by atoms with van der Waals surface area (Å²) < 4.78 is 13.8. The Bertz CT molecular complexity index is 524. The van der Waals surface area contributed by atoms with Crippen molar-refractivity contribution in [1.82, 2.24) is 5.32 Å². The monoisotopic (exact) mass is 403 g/mol. The third kappa shape index (κ3) is 4.18. The van der Waals surface area contributed by atoms with Crippen molar-refractivity contribution >= 4 is 28.5 Å². The van der Waals surface area contributed by atoms with E-state index in [2.05, 4.69) is 26.1 Å². The zero-order valence-corrected chi connectivity index (χ0v) is 15.0. The van der Waals surface area contributed by atoms with Gasteiger partial charge in [0.1, 0.15) is 5.82 Å². The Morgan fingerprint density at radius 3 is 2.57 bits per heavy atom. The van der Waals surface area contributed by atoms with Crippen LogP contribution in [-0.2, 0) is 0 Å². The summed E-state index contributed by atoms with van der Waals surface area (Å²) in [5.41, 5.74) is 0.754. The minimum atomic E-state index is -0.304. The molecule has 1 aromatic rings. The van der Waals surface area contributed by atoms with Crippen LogP contribution in [0.1, 0.15) is 56.8 Å². The molecule has 0 spiro atoms. The average molecular weight is 403 g/mol. The van der Waals surface area contributed by atoms with E-state index in [1.165, 1.54) is 18.6 Å². The van der Waals surface area contributed by atoms with E-state index in [4.69, 9.17) is 0 Å². The molecule has 1 amide bonds. The van der Waals surface area contributed by atoms with Crippen LogP contribution in [0.4, 0.5) is 4.39 Å². The van der Waals surface area contributed by atoms with Crippen molar-refractivity contribution in [3.63, 3.8) is 0 Å². The number of amides is 1. The van der Waals surface area contributed by atoms with Crippen molar-refractivity contribution in [2.24, 2.45) is 11.3 Å². The number of halogens is 2. The van der Waals surface area contributed by atoms with Crippen LogP contribution in [0, 0.1) is 20.7 Å². The van der Waals surface area contributed by atoms with Crippen molar-refractivity contribution in [3.8, 4) is 0 Å². The molecule has 0 saturated heterocycles. The molecule has 2 rings (SSSR count). The summed E-state index contributed by atoms with van der Waals surface area (Å²) in [6.45, 7) is 6.72. The molecular weight excluding hydrogens is 380 g/mol. The highest BCUT2D eigenvalue weighted by Gasteiger charge is 2.35. The van der Waals surface area contributed by atoms with Gasteiger partial charge in [0.25, 0.3) is 5.91 Å². The molecule has 1 aliphatic rings. The Hall–Kier alpha value is -0.650. The second kappa shape index (κ2) is 6.63. The highest BCUT2D eigenvalue weighted by Crippen LogP contribution is 2.38. The van der Waals surface area contributed by atoms with Crippen LogP contribution in [0.25, 0.3) is 0 Å². The van der Waals surface area contributed by atoms with Crippen LogP contribution in [0.3, 0.4) is 0 Å². The first-order chi connectivity index (χ1) is 9.79. The normalized spacial score (nSPS) is 22.9. The highest BCUT2D eigenvalue weighted by atomic mass is 127.